The Labute approximate surface area is 84.5 Å². The average Bonchev–Trinajstić information content (AvgIpc) is 2.11. The standard InChI is InChI=1S/C11H18O3/c1-8-4-3-5-9(12)11(8,2)7-6-10(13)14/h8H,3-7H2,1-2H3,(H,13,14)/t8-,11+/m1/s1. The molecule has 0 unspecified atom stereocenters. The molecule has 0 saturated heterocycles. The average molecular weight is 198 g/mol. The van der Waals surface area contributed by atoms with Crippen molar-refractivity contribution < 1.29 is 14.7 Å². The number of hydrogen-bond acceptors (Lipinski definition) is 2. The van der Waals surface area contributed by atoms with E-state index in [1.165, 1.54) is 0 Å². The highest BCUT2D eigenvalue weighted by Crippen LogP contribution is 2.41. The molecule has 0 aliphatic heterocycles. The Morgan fingerprint density at radius 3 is 2.79 bits per heavy atom. The molecule has 3 nitrogen and oxygen atoms in total. The van der Waals surface area contributed by atoms with Crippen molar-refractivity contribution in [2.45, 2.75) is 46.0 Å². The SMILES string of the molecule is C[C@@H]1CCCC(=O)[C@@]1(C)CCC(=O)O. The number of carbonyl (C=O) groups excluding carboxylic acids is 1. The first-order chi connectivity index (χ1) is 6.47. The van der Waals surface area contributed by atoms with Crippen LogP contribution < -0.4 is 0 Å². The molecule has 1 saturated carbocycles. The van der Waals surface area contributed by atoms with Gasteiger partial charge in [0, 0.05) is 18.3 Å². The smallest absolute Gasteiger partial charge is 0.303 e. The van der Waals surface area contributed by atoms with Gasteiger partial charge < -0.3 is 5.11 Å². The van der Waals surface area contributed by atoms with Crippen molar-refractivity contribution in [3.8, 4) is 0 Å². The summed E-state index contributed by atoms with van der Waals surface area (Å²) in [6.45, 7) is 3.97. The molecule has 0 spiro atoms. The first-order valence-electron chi connectivity index (χ1n) is 5.22. The van der Waals surface area contributed by atoms with Gasteiger partial charge in [0.05, 0.1) is 0 Å². The van der Waals surface area contributed by atoms with Gasteiger partial charge in [-0.15, -0.1) is 0 Å². The lowest BCUT2D eigenvalue weighted by Gasteiger charge is -2.37. The summed E-state index contributed by atoms with van der Waals surface area (Å²) in [5.41, 5.74) is -0.392. The molecule has 1 aliphatic rings. The van der Waals surface area contributed by atoms with Gasteiger partial charge in [-0.3, -0.25) is 9.59 Å². The van der Waals surface area contributed by atoms with Crippen LogP contribution in [0.5, 0.6) is 0 Å². The summed E-state index contributed by atoms with van der Waals surface area (Å²) in [7, 11) is 0. The van der Waals surface area contributed by atoms with Gasteiger partial charge in [-0.25, -0.2) is 0 Å². The van der Waals surface area contributed by atoms with Crippen LogP contribution in [0.3, 0.4) is 0 Å². The van der Waals surface area contributed by atoms with Crippen LogP contribution in [0.25, 0.3) is 0 Å². The van der Waals surface area contributed by atoms with Crippen molar-refractivity contribution in [1.29, 1.82) is 0 Å². The molecule has 2 atom stereocenters. The summed E-state index contributed by atoms with van der Waals surface area (Å²) < 4.78 is 0. The zero-order chi connectivity index (χ0) is 10.8. The number of aliphatic carboxylic acids is 1. The molecule has 0 aromatic heterocycles. The van der Waals surface area contributed by atoms with Crippen LogP contribution in [-0.2, 0) is 9.59 Å². The monoisotopic (exact) mass is 198 g/mol. The van der Waals surface area contributed by atoms with Crippen LogP contribution in [0, 0.1) is 11.3 Å². The van der Waals surface area contributed by atoms with Crippen LogP contribution in [0.2, 0.25) is 0 Å². The zero-order valence-corrected chi connectivity index (χ0v) is 8.88. The van der Waals surface area contributed by atoms with Gasteiger partial charge in [0.2, 0.25) is 0 Å². The molecule has 0 radical (unpaired) electrons. The topological polar surface area (TPSA) is 54.4 Å². The summed E-state index contributed by atoms with van der Waals surface area (Å²) in [4.78, 5) is 22.2. The predicted molar refractivity (Wildman–Crippen MR) is 53.0 cm³/mol. The number of carboxylic acid groups (broad SMARTS) is 1. The highest BCUT2D eigenvalue weighted by Gasteiger charge is 2.40. The Bertz CT molecular complexity index is 247. The van der Waals surface area contributed by atoms with Crippen molar-refractivity contribution in [3.63, 3.8) is 0 Å². The van der Waals surface area contributed by atoms with Crippen LogP contribution in [0.15, 0.2) is 0 Å². The number of hydrogen-bond donors (Lipinski definition) is 1. The Balaban J connectivity index is 2.67. The van der Waals surface area contributed by atoms with E-state index in [1.807, 2.05) is 6.92 Å². The first-order valence-corrected chi connectivity index (χ1v) is 5.22. The summed E-state index contributed by atoms with van der Waals surface area (Å²) >= 11 is 0. The third-order valence-electron chi connectivity index (χ3n) is 3.62. The maximum absolute atomic E-state index is 11.7. The van der Waals surface area contributed by atoms with E-state index < -0.39 is 11.4 Å². The maximum Gasteiger partial charge on any atom is 0.303 e. The molecule has 80 valence electrons. The molecule has 0 amide bonds. The molecule has 3 heteroatoms. The molecule has 0 aromatic carbocycles. The molecule has 0 aromatic rings. The number of carboxylic acids is 1. The highest BCUT2D eigenvalue weighted by atomic mass is 16.4. The fourth-order valence-electron chi connectivity index (χ4n) is 2.20. The summed E-state index contributed by atoms with van der Waals surface area (Å²) in [6.07, 6.45) is 3.22. The Hall–Kier alpha value is -0.860. The van der Waals surface area contributed by atoms with Crippen LogP contribution in [0.4, 0.5) is 0 Å². The van der Waals surface area contributed by atoms with E-state index >= 15 is 0 Å². The van der Waals surface area contributed by atoms with Crippen molar-refractivity contribution >= 4 is 11.8 Å². The van der Waals surface area contributed by atoms with Gasteiger partial charge in [0.15, 0.2) is 0 Å². The number of rotatable bonds is 3. The number of ketones is 1. The number of Topliss-reactive ketones (excluding diaryl/α,β-unsaturated/α-hetero) is 1. The van der Waals surface area contributed by atoms with Crippen LogP contribution in [-0.4, -0.2) is 16.9 Å². The van der Waals surface area contributed by atoms with Crippen molar-refractivity contribution in [2.75, 3.05) is 0 Å². The second kappa shape index (κ2) is 4.11. The van der Waals surface area contributed by atoms with Crippen LogP contribution >= 0.6 is 0 Å². The van der Waals surface area contributed by atoms with Gasteiger partial charge in [-0.05, 0) is 25.2 Å². The number of carbonyl (C=O) groups is 2. The minimum atomic E-state index is -0.809. The van der Waals surface area contributed by atoms with Crippen molar-refractivity contribution in [3.05, 3.63) is 0 Å². The molecule has 1 fully saturated rings. The Kier molecular flexibility index (Phi) is 3.29. The van der Waals surface area contributed by atoms with Gasteiger partial charge in [-0.2, -0.15) is 0 Å². The lowest BCUT2D eigenvalue weighted by molar-refractivity contribution is -0.140. The molecule has 0 bridgehead atoms. The molecular weight excluding hydrogens is 180 g/mol. The normalized spacial score (nSPS) is 33.0. The maximum atomic E-state index is 11.7. The molecule has 1 N–H and O–H groups in total. The fraction of sp³-hybridized carbons (Fsp3) is 0.818. The van der Waals surface area contributed by atoms with E-state index in [2.05, 4.69) is 6.92 Å². The molecule has 1 aliphatic carbocycles. The van der Waals surface area contributed by atoms with Gasteiger partial charge in [0.1, 0.15) is 5.78 Å². The second-order valence-electron chi connectivity index (χ2n) is 4.53. The highest BCUT2D eigenvalue weighted by molar-refractivity contribution is 5.85. The van der Waals surface area contributed by atoms with Gasteiger partial charge in [0.25, 0.3) is 0 Å². The third-order valence-corrected chi connectivity index (χ3v) is 3.62. The minimum Gasteiger partial charge on any atom is -0.481 e. The first kappa shape index (κ1) is 11.2. The lowest BCUT2D eigenvalue weighted by Crippen LogP contribution is -2.38. The summed E-state index contributed by atoms with van der Waals surface area (Å²) in [5, 5.41) is 8.62. The van der Waals surface area contributed by atoms with Crippen molar-refractivity contribution in [2.24, 2.45) is 11.3 Å². The predicted octanol–water partition coefficient (Wildman–Crippen LogP) is 2.25. The molecule has 0 heterocycles. The second-order valence-corrected chi connectivity index (χ2v) is 4.53. The molecule has 14 heavy (non-hydrogen) atoms. The summed E-state index contributed by atoms with van der Waals surface area (Å²) in [6, 6.07) is 0. The fourth-order valence-corrected chi connectivity index (χ4v) is 2.20. The Morgan fingerprint density at radius 2 is 2.29 bits per heavy atom. The van der Waals surface area contributed by atoms with E-state index in [9.17, 15) is 9.59 Å². The van der Waals surface area contributed by atoms with Gasteiger partial charge in [-0.1, -0.05) is 13.8 Å². The Morgan fingerprint density at radius 1 is 1.64 bits per heavy atom. The quantitative estimate of drug-likeness (QED) is 0.756. The van der Waals surface area contributed by atoms with E-state index in [0.717, 1.165) is 12.8 Å². The minimum absolute atomic E-state index is 0.104. The third kappa shape index (κ3) is 2.14. The molecule has 1 rings (SSSR count). The lowest BCUT2D eigenvalue weighted by atomic mass is 9.65. The zero-order valence-electron chi connectivity index (χ0n) is 8.88. The van der Waals surface area contributed by atoms with Gasteiger partial charge >= 0.3 is 5.97 Å². The largest absolute Gasteiger partial charge is 0.481 e. The van der Waals surface area contributed by atoms with E-state index in [1.54, 1.807) is 0 Å². The molecular formula is C11H18O3. The summed E-state index contributed by atoms with van der Waals surface area (Å²) in [5.74, 6) is -0.239. The van der Waals surface area contributed by atoms with E-state index in [-0.39, 0.29) is 12.2 Å². The van der Waals surface area contributed by atoms with Crippen molar-refractivity contribution in [1.82, 2.24) is 0 Å². The van der Waals surface area contributed by atoms with E-state index in [4.69, 9.17) is 5.11 Å². The van der Waals surface area contributed by atoms with E-state index in [0.29, 0.717) is 18.8 Å². The van der Waals surface area contributed by atoms with Crippen LogP contribution in [0.1, 0.15) is 46.0 Å².